The summed E-state index contributed by atoms with van der Waals surface area (Å²) in [5.74, 6) is 0. The first-order valence-electron chi connectivity index (χ1n) is 7.61. The van der Waals surface area contributed by atoms with Gasteiger partial charge in [-0.05, 0) is 40.4 Å². The third kappa shape index (κ3) is 2.66. The Morgan fingerprint density at radius 2 is 1.68 bits per heavy atom. The molecule has 0 amide bonds. The van der Waals surface area contributed by atoms with E-state index in [-0.39, 0.29) is 0 Å². The molecule has 0 bridgehead atoms. The van der Waals surface area contributed by atoms with Crippen molar-refractivity contribution in [1.29, 1.82) is 0 Å². The summed E-state index contributed by atoms with van der Waals surface area (Å²) in [5.41, 5.74) is 6.31. The predicted octanol–water partition coefficient (Wildman–Crippen LogP) is 4.95. The standard InChI is InChI=1S/C18H27B/c1-13(12-19-6)14-7-8-15-16(11-14)18(4,5)10-9-17(15,2)3/h7-8,11,19H,1,9-10,12H2,2-6H3. The quantitative estimate of drug-likeness (QED) is 0.669. The van der Waals surface area contributed by atoms with Crippen LogP contribution in [0.3, 0.4) is 0 Å². The van der Waals surface area contributed by atoms with Crippen molar-refractivity contribution in [3.05, 3.63) is 41.5 Å². The van der Waals surface area contributed by atoms with Crippen LogP contribution in [-0.2, 0) is 10.8 Å². The van der Waals surface area contributed by atoms with Crippen molar-refractivity contribution in [3.63, 3.8) is 0 Å². The van der Waals surface area contributed by atoms with Crippen molar-refractivity contribution >= 4 is 12.9 Å². The van der Waals surface area contributed by atoms with E-state index in [1.54, 1.807) is 5.56 Å². The summed E-state index contributed by atoms with van der Waals surface area (Å²) in [6, 6.07) is 7.04. The average Bonchev–Trinajstić information content (AvgIpc) is 2.35. The predicted molar refractivity (Wildman–Crippen MR) is 88.6 cm³/mol. The summed E-state index contributed by atoms with van der Waals surface area (Å²) in [4.78, 5) is 0. The number of benzene rings is 1. The third-order valence-corrected chi connectivity index (χ3v) is 4.81. The second kappa shape index (κ2) is 4.85. The first-order valence-corrected chi connectivity index (χ1v) is 7.61. The summed E-state index contributed by atoms with van der Waals surface area (Å²) in [7, 11) is 1.17. The molecule has 0 spiro atoms. The van der Waals surface area contributed by atoms with Crippen molar-refractivity contribution < 1.29 is 0 Å². The van der Waals surface area contributed by atoms with Crippen LogP contribution in [0, 0.1) is 0 Å². The molecule has 102 valence electrons. The minimum Gasteiger partial charge on any atom is -0.0959 e. The van der Waals surface area contributed by atoms with E-state index in [2.05, 4.69) is 59.3 Å². The zero-order valence-corrected chi connectivity index (χ0v) is 13.3. The molecule has 0 fully saturated rings. The topological polar surface area (TPSA) is 0 Å². The van der Waals surface area contributed by atoms with Crippen LogP contribution in [0.15, 0.2) is 24.8 Å². The van der Waals surface area contributed by atoms with Crippen LogP contribution in [-0.4, -0.2) is 7.28 Å². The first-order chi connectivity index (χ1) is 8.78. The lowest BCUT2D eigenvalue weighted by atomic mass is 9.62. The van der Waals surface area contributed by atoms with E-state index >= 15 is 0 Å². The Kier molecular flexibility index (Phi) is 3.68. The van der Waals surface area contributed by atoms with Crippen molar-refractivity contribution in [2.45, 2.75) is 64.5 Å². The summed E-state index contributed by atoms with van der Waals surface area (Å²) < 4.78 is 0. The van der Waals surface area contributed by atoms with E-state index in [4.69, 9.17) is 0 Å². The molecule has 2 rings (SSSR count). The maximum absolute atomic E-state index is 4.25. The van der Waals surface area contributed by atoms with Gasteiger partial charge in [0.05, 0.1) is 0 Å². The molecule has 0 N–H and O–H groups in total. The van der Waals surface area contributed by atoms with Gasteiger partial charge in [0.25, 0.3) is 0 Å². The van der Waals surface area contributed by atoms with E-state index in [0.29, 0.717) is 10.8 Å². The molecule has 0 aliphatic heterocycles. The van der Waals surface area contributed by atoms with Gasteiger partial charge in [0.1, 0.15) is 7.28 Å². The number of allylic oxidation sites excluding steroid dienone is 1. The molecule has 1 heteroatoms. The molecule has 0 radical (unpaired) electrons. The summed E-state index contributed by atoms with van der Waals surface area (Å²) in [5, 5.41) is 0. The SMILES string of the molecule is C=C(CBC)c1ccc2c(c1)C(C)(C)CCC2(C)C. The molecule has 0 aromatic heterocycles. The fourth-order valence-corrected chi connectivity index (χ4v) is 3.25. The van der Waals surface area contributed by atoms with Crippen LogP contribution in [0.1, 0.15) is 57.2 Å². The van der Waals surface area contributed by atoms with Gasteiger partial charge in [-0.25, -0.2) is 0 Å². The molecule has 1 aromatic carbocycles. The smallest absolute Gasteiger partial charge is 0.0959 e. The largest absolute Gasteiger partial charge is 0.122 e. The molecule has 0 nitrogen and oxygen atoms in total. The second-order valence-corrected chi connectivity index (χ2v) is 7.38. The Morgan fingerprint density at radius 3 is 2.26 bits per heavy atom. The monoisotopic (exact) mass is 254 g/mol. The van der Waals surface area contributed by atoms with Crippen molar-refractivity contribution in [1.82, 2.24) is 0 Å². The second-order valence-electron chi connectivity index (χ2n) is 7.38. The number of rotatable bonds is 3. The summed E-state index contributed by atoms with van der Waals surface area (Å²) in [6.07, 6.45) is 3.65. The Morgan fingerprint density at radius 1 is 1.11 bits per heavy atom. The zero-order valence-electron chi connectivity index (χ0n) is 13.3. The van der Waals surface area contributed by atoms with Crippen molar-refractivity contribution in [2.75, 3.05) is 0 Å². The van der Waals surface area contributed by atoms with Gasteiger partial charge in [-0.15, -0.1) is 0 Å². The number of hydrogen-bond donors (Lipinski definition) is 0. The van der Waals surface area contributed by atoms with Crippen molar-refractivity contribution in [3.8, 4) is 0 Å². The number of hydrogen-bond acceptors (Lipinski definition) is 0. The first kappa shape index (κ1) is 14.4. The van der Waals surface area contributed by atoms with E-state index in [0.717, 1.165) is 6.32 Å². The van der Waals surface area contributed by atoms with Gasteiger partial charge in [0, 0.05) is 0 Å². The maximum Gasteiger partial charge on any atom is 0.122 e. The van der Waals surface area contributed by atoms with E-state index in [1.165, 1.54) is 36.8 Å². The Hall–Kier alpha value is -0.975. The molecule has 0 saturated heterocycles. The van der Waals surface area contributed by atoms with E-state index < -0.39 is 0 Å². The summed E-state index contributed by atoms with van der Waals surface area (Å²) >= 11 is 0. The number of fused-ring (bicyclic) bond motifs is 1. The highest BCUT2D eigenvalue weighted by Crippen LogP contribution is 2.46. The van der Waals surface area contributed by atoms with Crippen LogP contribution in [0.2, 0.25) is 13.1 Å². The molecule has 1 aromatic rings. The van der Waals surface area contributed by atoms with Gasteiger partial charge in [0.15, 0.2) is 0 Å². The molecule has 1 aliphatic carbocycles. The average molecular weight is 254 g/mol. The van der Waals surface area contributed by atoms with Gasteiger partial charge in [-0.2, -0.15) is 0 Å². The Labute approximate surface area is 119 Å². The fraction of sp³-hybridized carbons (Fsp3) is 0.556. The zero-order chi connectivity index (χ0) is 14.3. The molecular weight excluding hydrogens is 227 g/mol. The summed E-state index contributed by atoms with van der Waals surface area (Å²) in [6.45, 7) is 16.0. The molecule has 1 aliphatic rings. The molecule has 0 unspecified atom stereocenters. The lowest BCUT2D eigenvalue weighted by Gasteiger charge is -2.42. The molecule has 19 heavy (non-hydrogen) atoms. The maximum atomic E-state index is 4.25. The van der Waals surface area contributed by atoms with Gasteiger partial charge in [-0.3, -0.25) is 0 Å². The highest BCUT2D eigenvalue weighted by molar-refractivity contribution is 6.36. The van der Waals surface area contributed by atoms with Gasteiger partial charge in [0.2, 0.25) is 0 Å². The minimum atomic E-state index is 0.299. The molecule has 0 saturated carbocycles. The van der Waals surface area contributed by atoms with Gasteiger partial charge >= 0.3 is 0 Å². The molecule has 0 heterocycles. The molecule has 0 atom stereocenters. The van der Waals surface area contributed by atoms with Crippen LogP contribution >= 0.6 is 0 Å². The van der Waals surface area contributed by atoms with Crippen molar-refractivity contribution in [2.24, 2.45) is 0 Å². The van der Waals surface area contributed by atoms with Gasteiger partial charge in [-0.1, -0.05) is 71.2 Å². The molecular formula is C18H27B. The van der Waals surface area contributed by atoms with Crippen LogP contribution < -0.4 is 0 Å². The van der Waals surface area contributed by atoms with Crippen LogP contribution in [0.4, 0.5) is 0 Å². The lowest BCUT2D eigenvalue weighted by Crippen LogP contribution is -2.33. The highest BCUT2D eigenvalue weighted by Gasteiger charge is 2.36. The van der Waals surface area contributed by atoms with E-state index in [9.17, 15) is 0 Å². The highest BCUT2D eigenvalue weighted by atomic mass is 14.4. The van der Waals surface area contributed by atoms with Crippen LogP contribution in [0.5, 0.6) is 0 Å². The van der Waals surface area contributed by atoms with Crippen LogP contribution in [0.25, 0.3) is 5.57 Å². The lowest BCUT2D eigenvalue weighted by molar-refractivity contribution is 0.332. The van der Waals surface area contributed by atoms with Gasteiger partial charge < -0.3 is 0 Å². The third-order valence-electron chi connectivity index (χ3n) is 4.81. The Balaban J connectivity index is 2.50. The normalized spacial score (nSPS) is 19.6. The fourth-order valence-electron chi connectivity index (χ4n) is 3.25. The minimum absolute atomic E-state index is 0.299. The Bertz CT molecular complexity index is 494. The van der Waals surface area contributed by atoms with E-state index in [1.807, 2.05) is 0 Å².